The number of hydrogen-bond acceptors (Lipinski definition) is 6. The molecule has 0 radical (unpaired) electrons. The van der Waals surface area contributed by atoms with E-state index in [4.69, 9.17) is 10.1 Å². The quantitative estimate of drug-likeness (QED) is 0.207. The summed E-state index contributed by atoms with van der Waals surface area (Å²) >= 11 is 0. The van der Waals surface area contributed by atoms with Crippen LogP contribution in [0.3, 0.4) is 0 Å². The molecule has 0 unspecified atom stereocenters. The number of benzene rings is 2. The number of H-pyrrole nitrogens is 1. The van der Waals surface area contributed by atoms with Gasteiger partial charge in [-0.15, -0.1) is 0 Å². The molecule has 4 heterocycles. The second-order valence-corrected chi connectivity index (χ2v) is 17.0. The molecule has 12 heteroatoms. The SMILES string of the molecule is C[C@@H](Cc1cccc([C@@]2(C)CCCC(C)(C)CS(=O)(=O)CCc3c(c(F)c(F)c4[nH]ccc34)Cc3ccnc(c3)-c3nc2nn3C)c1)C(=O)O. The van der Waals surface area contributed by atoms with E-state index in [1.54, 1.807) is 43.0 Å². The lowest BCUT2D eigenvalue weighted by molar-refractivity contribution is -0.141. The van der Waals surface area contributed by atoms with E-state index in [9.17, 15) is 18.3 Å². The Morgan fingerprint density at radius 3 is 2.62 bits per heavy atom. The van der Waals surface area contributed by atoms with Gasteiger partial charge in [0.2, 0.25) is 0 Å². The van der Waals surface area contributed by atoms with Crippen LogP contribution in [0.4, 0.5) is 8.78 Å². The van der Waals surface area contributed by atoms with Crippen molar-refractivity contribution in [1.29, 1.82) is 0 Å². The van der Waals surface area contributed by atoms with E-state index in [2.05, 4.69) is 16.9 Å². The van der Waals surface area contributed by atoms with Crippen molar-refractivity contribution in [3.05, 3.63) is 100 Å². The van der Waals surface area contributed by atoms with Crippen LogP contribution >= 0.6 is 0 Å². The summed E-state index contributed by atoms with van der Waals surface area (Å²) in [6.45, 7) is 7.63. The number of carboxylic acid groups (broad SMARTS) is 1. The number of rotatable bonds is 4. The van der Waals surface area contributed by atoms with Crippen LogP contribution in [0.15, 0.2) is 54.9 Å². The van der Waals surface area contributed by atoms with E-state index in [0.29, 0.717) is 59.5 Å². The number of aryl methyl sites for hydroxylation is 2. The zero-order valence-corrected chi connectivity index (χ0v) is 29.9. The van der Waals surface area contributed by atoms with Gasteiger partial charge in [0.1, 0.15) is 5.69 Å². The van der Waals surface area contributed by atoms with Crippen LogP contribution in [0.25, 0.3) is 22.4 Å². The number of fused-ring (bicyclic) bond motifs is 8. The number of aromatic amines is 1. The molecule has 0 saturated heterocycles. The molecule has 2 atom stereocenters. The van der Waals surface area contributed by atoms with Crippen LogP contribution in [0.1, 0.15) is 80.6 Å². The smallest absolute Gasteiger partial charge is 0.306 e. The molecular formula is C38H43F2N5O4S. The maximum Gasteiger partial charge on any atom is 0.306 e. The van der Waals surface area contributed by atoms with Crippen LogP contribution in [0, 0.1) is 23.0 Å². The van der Waals surface area contributed by atoms with Gasteiger partial charge in [0.15, 0.2) is 33.1 Å². The third-order valence-corrected chi connectivity index (χ3v) is 12.2. The molecule has 1 aliphatic rings. The Labute approximate surface area is 291 Å². The van der Waals surface area contributed by atoms with Gasteiger partial charge in [-0.05, 0) is 84.0 Å². The van der Waals surface area contributed by atoms with Gasteiger partial charge in [0.05, 0.1) is 28.4 Å². The molecule has 0 spiro atoms. The average Bonchev–Trinajstić information content (AvgIpc) is 3.70. The van der Waals surface area contributed by atoms with E-state index in [0.717, 1.165) is 11.1 Å². The summed E-state index contributed by atoms with van der Waals surface area (Å²) in [6.07, 6.45) is 5.42. The maximum atomic E-state index is 15.8. The van der Waals surface area contributed by atoms with Gasteiger partial charge in [-0.1, -0.05) is 51.5 Å². The lowest BCUT2D eigenvalue weighted by atomic mass is 9.75. The number of nitrogens with one attached hydrogen (secondary N) is 1. The van der Waals surface area contributed by atoms with Gasteiger partial charge in [0.25, 0.3) is 0 Å². The van der Waals surface area contributed by atoms with Crippen molar-refractivity contribution in [2.45, 2.75) is 71.6 Å². The summed E-state index contributed by atoms with van der Waals surface area (Å²) in [6, 6.07) is 13.0. The van der Waals surface area contributed by atoms with Crippen molar-refractivity contribution in [2.75, 3.05) is 11.5 Å². The van der Waals surface area contributed by atoms with Gasteiger partial charge >= 0.3 is 5.97 Å². The van der Waals surface area contributed by atoms with E-state index >= 15 is 8.78 Å². The minimum atomic E-state index is -3.60. The standard InChI is InChI=1S/C38H43F2N5O4S/c1-23(35(46)47)18-24-8-6-9-26(19-24)38(4)14-7-13-37(2,3)22-50(48,49)17-12-27-28-11-16-42-33(28)32(40)31(39)29(27)20-25-10-15-41-30(21-25)34-43-36(38)44-45(34)5/h6,8-11,15-16,19,21,23,42H,7,12-14,17-18,20,22H2,1-5H3,(H,46,47)/t23-,38+/m0/s1. The zero-order chi connectivity index (χ0) is 36.0. The van der Waals surface area contributed by atoms with Gasteiger partial charge < -0.3 is 10.1 Å². The number of carboxylic acids is 1. The number of aliphatic carboxylic acids is 1. The highest BCUT2D eigenvalue weighted by Crippen LogP contribution is 2.39. The molecule has 2 N–H and O–H groups in total. The molecule has 0 aliphatic carbocycles. The van der Waals surface area contributed by atoms with Crippen molar-refractivity contribution >= 4 is 26.7 Å². The normalized spacial score (nSPS) is 20.1. The number of hydrogen-bond donors (Lipinski definition) is 2. The molecule has 264 valence electrons. The third-order valence-electron chi connectivity index (χ3n) is 10.1. The van der Waals surface area contributed by atoms with Crippen molar-refractivity contribution in [3.63, 3.8) is 0 Å². The number of halogens is 2. The molecule has 5 aromatic rings. The summed E-state index contributed by atoms with van der Waals surface area (Å²) in [5.74, 6) is -2.64. The summed E-state index contributed by atoms with van der Waals surface area (Å²) in [7, 11) is -1.81. The minimum Gasteiger partial charge on any atom is -0.481 e. The predicted molar refractivity (Wildman–Crippen MR) is 189 cm³/mol. The van der Waals surface area contributed by atoms with Crippen LogP contribution in [-0.2, 0) is 46.4 Å². The fraction of sp³-hybridized carbons (Fsp3) is 0.421. The van der Waals surface area contributed by atoms with E-state index < -0.39 is 44.2 Å². The monoisotopic (exact) mass is 703 g/mol. The number of carbonyl (C=O) groups is 1. The van der Waals surface area contributed by atoms with Crippen molar-refractivity contribution in [1.82, 2.24) is 24.7 Å². The first-order chi connectivity index (χ1) is 23.6. The molecule has 3 aromatic heterocycles. The van der Waals surface area contributed by atoms with Crippen molar-refractivity contribution < 1.29 is 27.1 Å². The van der Waals surface area contributed by atoms with E-state index in [1.807, 2.05) is 38.1 Å². The Morgan fingerprint density at radius 1 is 1.08 bits per heavy atom. The largest absolute Gasteiger partial charge is 0.481 e. The molecule has 1 aliphatic heterocycles. The van der Waals surface area contributed by atoms with Crippen molar-refractivity contribution in [3.8, 4) is 11.5 Å². The topological polar surface area (TPSA) is 131 Å². The predicted octanol–water partition coefficient (Wildman–Crippen LogP) is 6.96. The first kappa shape index (κ1) is 35.4. The minimum absolute atomic E-state index is 0.0181. The third kappa shape index (κ3) is 7.08. The van der Waals surface area contributed by atoms with Gasteiger partial charge in [-0.3, -0.25) is 9.78 Å². The molecular weight excluding hydrogens is 661 g/mol. The molecule has 0 amide bonds. The first-order valence-electron chi connectivity index (χ1n) is 16.9. The lowest BCUT2D eigenvalue weighted by Gasteiger charge is -2.31. The molecule has 0 fully saturated rings. The fourth-order valence-corrected chi connectivity index (χ4v) is 9.34. The summed E-state index contributed by atoms with van der Waals surface area (Å²) in [5.41, 5.74) is 2.29. The lowest BCUT2D eigenvalue weighted by Crippen LogP contribution is -2.29. The highest BCUT2D eigenvalue weighted by molar-refractivity contribution is 7.91. The molecule has 0 saturated carbocycles. The van der Waals surface area contributed by atoms with Gasteiger partial charge in [-0.2, -0.15) is 5.10 Å². The molecule has 9 nitrogen and oxygen atoms in total. The molecule has 50 heavy (non-hydrogen) atoms. The van der Waals surface area contributed by atoms with Gasteiger partial charge in [-0.25, -0.2) is 26.9 Å². The number of pyridine rings is 1. The Morgan fingerprint density at radius 2 is 1.86 bits per heavy atom. The number of sulfone groups is 1. The van der Waals surface area contributed by atoms with E-state index in [1.165, 1.54) is 6.20 Å². The van der Waals surface area contributed by atoms with Crippen LogP contribution < -0.4 is 0 Å². The van der Waals surface area contributed by atoms with Crippen LogP contribution in [0.5, 0.6) is 0 Å². The number of aromatic nitrogens is 5. The zero-order valence-electron chi connectivity index (χ0n) is 29.1. The first-order valence-corrected chi connectivity index (χ1v) is 18.7. The molecule has 2 aromatic carbocycles. The highest BCUT2D eigenvalue weighted by Gasteiger charge is 2.36. The maximum absolute atomic E-state index is 15.8. The second-order valence-electron chi connectivity index (χ2n) is 14.8. The van der Waals surface area contributed by atoms with Crippen molar-refractivity contribution in [2.24, 2.45) is 18.4 Å². The van der Waals surface area contributed by atoms with Crippen LogP contribution in [-0.4, -0.2) is 55.7 Å². The Bertz CT molecular complexity index is 2190. The Hall–Kier alpha value is -4.45. The fourth-order valence-electron chi connectivity index (χ4n) is 7.35. The Balaban J connectivity index is 1.49. The summed E-state index contributed by atoms with van der Waals surface area (Å²) < 4.78 is 60.1. The summed E-state index contributed by atoms with van der Waals surface area (Å²) in [4.78, 5) is 24.0. The second kappa shape index (κ2) is 13.4. The molecule has 4 bridgehead atoms. The Kier molecular flexibility index (Phi) is 9.45. The number of nitrogens with zero attached hydrogens (tertiary/aromatic N) is 4. The average molecular weight is 704 g/mol. The van der Waals surface area contributed by atoms with E-state index in [-0.39, 0.29) is 35.4 Å². The van der Waals surface area contributed by atoms with Crippen LogP contribution in [0.2, 0.25) is 0 Å². The highest BCUT2D eigenvalue weighted by atomic mass is 32.2. The molecule has 6 rings (SSSR count). The summed E-state index contributed by atoms with van der Waals surface area (Å²) in [5, 5.41) is 14.9. The van der Waals surface area contributed by atoms with Gasteiger partial charge in [0, 0.05) is 31.2 Å².